The summed E-state index contributed by atoms with van der Waals surface area (Å²) >= 11 is 0. The lowest BCUT2D eigenvalue weighted by atomic mass is 9.84. The Kier molecular flexibility index (Phi) is 3.99. The Hall–Kier alpha value is -3.48. The average molecular weight is 364 g/mol. The lowest BCUT2D eigenvalue weighted by Gasteiger charge is -2.31. The summed E-state index contributed by atoms with van der Waals surface area (Å²) in [4.78, 5) is 37.2. The first kappa shape index (κ1) is 17.0. The normalized spacial score (nSPS) is 19.1. The summed E-state index contributed by atoms with van der Waals surface area (Å²) < 4.78 is 5.22. The van der Waals surface area contributed by atoms with E-state index in [2.05, 4.69) is 0 Å². The first-order valence-electron chi connectivity index (χ1n) is 8.50. The molecule has 0 aliphatic carbocycles. The number of non-ortho nitro benzene ring substituents is 1. The molecule has 4 rings (SSSR count). The number of carbonyl (C=O) groups is 2. The number of amides is 1. The predicted octanol–water partition coefficient (Wildman–Crippen LogP) is 3.23. The average Bonchev–Trinajstić information content (AvgIpc) is 3.04. The summed E-state index contributed by atoms with van der Waals surface area (Å²) in [6, 6.07) is 13.4. The summed E-state index contributed by atoms with van der Waals surface area (Å²) in [7, 11) is 0. The highest BCUT2D eigenvalue weighted by atomic mass is 16.6. The van der Waals surface area contributed by atoms with Gasteiger partial charge in [0.15, 0.2) is 0 Å². The van der Waals surface area contributed by atoms with Crippen molar-refractivity contribution in [2.24, 2.45) is 0 Å². The fourth-order valence-corrected chi connectivity index (χ4v) is 3.56. The number of esters is 1. The predicted molar refractivity (Wildman–Crippen MR) is 97.1 cm³/mol. The zero-order valence-corrected chi connectivity index (χ0v) is 14.5. The van der Waals surface area contributed by atoms with Crippen LogP contribution in [0.25, 0.3) is 0 Å². The lowest BCUT2D eigenvalue weighted by molar-refractivity contribution is -0.384. The first-order chi connectivity index (χ1) is 13.0. The fraction of sp³-hybridized carbons (Fsp3) is 0.200. The van der Waals surface area contributed by atoms with E-state index in [9.17, 15) is 19.7 Å². The summed E-state index contributed by atoms with van der Waals surface area (Å²) in [6.07, 6.45) is 0.0968. The minimum Gasteiger partial charge on any atom is -0.456 e. The molecule has 2 aliphatic heterocycles. The maximum absolute atomic E-state index is 12.9. The Morgan fingerprint density at radius 3 is 2.37 bits per heavy atom. The second-order valence-corrected chi connectivity index (χ2v) is 6.61. The first-order valence-corrected chi connectivity index (χ1v) is 8.50. The van der Waals surface area contributed by atoms with Crippen molar-refractivity contribution in [2.45, 2.75) is 19.3 Å². The maximum atomic E-state index is 12.9. The number of nitro benzene ring substituents is 1. The summed E-state index contributed by atoms with van der Waals surface area (Å²) in [6.45, 7) is 2.00. The fourth-order valence-electron chi connectivity index (χ4n) is 3.56. The Bertz CT molecular complexity index is 976. The molecule has 0 saturated heterocycles. The van der Waals surface area contributed by atoms with Crippen molar-refractivity contribution >= 4 is 23.3 Å². The van der Waals surface area contributed by atoms with Crippen LogP contribution in [0.3, 0.4) is 0 Å². The molecule has 0 spiro atoms. The number of rotatable bonds is 3. The molecule has 7 heteroatoms. The number of ether oxygens (including phenoxy) is 1. The molecule has 2 aromatic carbocycles. The van der Waals surface area contributed by atoms with Crippen LogP contribution < -0.4 is 4.90 Å². The monoisotopic (exact) mass is 364 g/mol. The molecule has 136 valence electrons. The van der Waals surface area contributed by atoms with E-state index < -0.39 is 16.8 Å². The van der Waals surface area contributed by atoms with Gasteiger partial charge in [0.2, 0.25) is 5.91 Å². The van der Waals surface area contributed by atoms with Crippen LogP contribution in [0.15, 0.2) is 59.8 Å². The molecule has 0 saturated carbocycles. The maximum Gasteiger partial charge on any atom is 0.336 e. The van der Waals surface area contributed by atoms with Crippen molar-refractivity contribution in [3.05, 3.63) is 81.0 Å². The van der Waals surface area contributed by atoms with E-state index in [-0.39, 0.29) is 24.6 Å². The standard InChI is InChI=1S/C20H16N2O5/c1-12-2-6-14(7-3-12)21-17-11-27-20(24)19(17)16(10-18(21)23)13-4-8-15(9-5-13)22(25)26/h2-9,16H,10-11H2,1H3/t16-/m0/s1. The van der Waals surface area contributed by atoms with E-state index in [4.69, 9.17) is 4.74 Å². The molecular formula is C20H16N2O5. The largest absolute Gasteiger partial charge is 0.456 e. The molecule has 27 heavy (non-hydrogen) atoms. The third-order valence-electron chi connectivity index (χ3n) is 4.92. The highest BCUT2D eigenvalue weighted by molar-refractivity contribution is 6.06. The van der Waals surface area contributed by atoms with Crippen molar-refractivity contribution < 1.29 is 19.2 Å². The molecule has 0 aromatic heterocycles. The van der Waals surface area contributed by atoms with Crippen LogP contribution in [0.2, 0.25) is 0 Å². The summed E-state index contributed by atoms with van der Waals surface area (Å²) in [5, 5.41) is 10.9. The number of nitrogens with zero attached hydrogens (tertiary/aromatic N) is 2. The molecule has 0 radical (unpaired) electrons. The molecule has 0 fully saturated rings. The topological polar surface area (TPSA) is 89.8 Å². The van der Waals surface area contributed by atoms with Gasteiger partial charge in [-0.3, -0.25) is 19.8 Å². The van der Waals surface area contributed by atoms with E-state index in [1.54, 1.807) is 17.0 Å². The highest BCUT2D eigenvalue weighted by Gasteiger charge is 2.42. The molecule has 0 N–H and O–H groups in total. The van der Waals surface area contributed by atoms with E-state index >= 15 is 0 Å². The van der Waals surface area contributed by atoms with Gasteiger partial charge < -0.3 is 4.74 Å². The van der Waals surface area contributed by atoms with Crippen molar-refractivity contribution in [2.75, 3.05) is 11.5 Å². The molecule has 1 amide bonds. The second-order valence-electron chi connectivity index (χ2n) is 6.61. The van der Waals surface area contributed by atoms with Gasteiger partial charge in [0.25, 0.3) is 5.69 Å². The second kappa shape index (κ2) is 6.35. The number of anilines is 1. The number of benzene rings is 2. The van der Waals surface area contributed by atoms with Gasteiger partial charge in [-0.05, 0) is 24.6 Å². The third kappa shape index (κ3) is 2.87. The van der Waals surface area contributed by atoms with Gasteiger partial charge in [0, 0.05) is 30.2 Å². The quantitative estimate of drug-likeness (QED) is 0.474. The van der Waals surface area contributed by atoms with Crippen molar-refractivity contribution in [3.8, 4) is 0 Å². The zero-order valence-electron chi connectivity index (χ0n) is 14.5. The Labute approximate surface area is 155 Å². The van der Waals surface area contributed by atoms with Gasteiger partial charge in [0.05, 0.1) is 16.2 Å². The molecule has 0 bridgehead atoms. The SMILES string of the molecule is Cc1ccc(N2C(=O)C[C@@H](c3ccc([N+](=O)[O-])cc3)C3=C2COC3=O)cc1. The lowest BCUT2D eigenvalue weighted by Crippen LogP contribution is -2.37. The smallest absolute Gasteiger partial charge is 0.336 e. The van der Waals surface area contributed by atoms with Crippen LogP contribution in [-0.4, -0.2) is 23.4 Å². The van der Waals surface area contributed by atoms with Gasteiger partial charge in [-0.15, -0.1) is 0 Å². The number of hydrogen-bond donors (Lipinski definition) is 0. The van der Waals surface area contributed by atoms with E-state index in [0.717, 1.165) is 5.56 Å². The number of aryl methyl sites for hydroxylation is 1. The number of nitro groups is 1. The summed E-state index contributed by atoms with van der Waals surface area (Å²) in [5.74, 6) is -1.05. The van der Waals surface area contributed by atoms with Gasteiger partial charge in [-0.2, -0.15) is 0 Å². The van der Waals surface area contributed by atoms with Crippen LogP contribution in [0.4, 0.5) is 11.4 Å². The molecule has 0 unspecified atom stereocenters. The number of carbonyl (C=O) groups excluding carboxylic acids is 2. The van der Waals surface area contributed by atoms with Gasteiger partial charge in [-0.25, -0.2) is 4.79 Å². The van der Waals surface area contributed by atoms with Crippen LogP contribution in [0, 0.1) is 17.0 Å². The molecule has 2 heterocycles. The van der Waals surface area contributed by atoms with Gasteiger partial charge >= 0.3 is 5.97 Å². The zero-order chi connectivity index (χ0) is 19.1. The Morgan fingerprint density at radius 1 is 1.07 bits per heavy atom. The molecule has 7 nitrogen and oxygen atoms in total. The molecule has 2 aliphatic rings. The number of cyclic esters (lactones) is 1. The minimum absolute atomic E-state index is 0.0367. The molecule has 1 atom stereocenters. The third-order valence-corrected chi connectivity index (χ3v) is 4.92. The van der Waals surface area contributed by atoms with Crippen LogP contribution >= 0.6 is 0 Å². The van der Waals surface area contributed by atoms with Crippen LogP contribution in [0.5, 0.6) is 0 Å². The van der Waals surface area contributed by atoms with E-state index in [1.165, 1.54) is 12.1 Å². The van der Waals surface area contributed by atoms with E-state index in [1.807, 2.05) is 31.2 Å². The minimum atomic E-state index is -0.483. The van der Waals surface area contributed by atoms with Gasteiger partial charge in [0.1, 0.15) is 6.61 Å². The van der Waals surface area contributed by atoms with Crippen LogP contribution in [0.1, 0.15) is 23.5 Å². The van der Waals surface area contributed by atoms with Gasteiger partial charge in [-0.1, -0.05) is 29.8 Å². The molecule has 2 aromatic rings. The Morgan fingerprint density at radius 2 is 1.74 bits per heavy atom. The highest BCUT2D eigenvalue weighted by Crippen LogP contribution is 2.42. The van der Waals surface area contributed by atoms with Crippen LogP contribution in [-0.2, 0) is 14.3 Å². The molecular weight excluding hydrogens is 348 g/mol. The number of hydrogen-bond acceptors (Lipinski definition) is 5. The van der Waals surface area contributed by atoms with E-state index in [0.29, 0.717) is 22.5 Å². The summed E-state index contributed by atoms with van der Waals surface area (Å²) in [5.41, 5.74) is 3.40. The van der Waals surface area contributed by atoms with Crippen molar-refractivity contribution in [1.29, 1.82) is 0 Å². The van der Waals surface area contributed by atoms with Crippen molar-refractivity contribution in [3.63, 3.8) is 0 Å². The van der Waals surface area contributed by atoms with Crippen molar-refractivity contribution in [1.82, 2.24) is 0 Å². The Balaban J connectivity index is 1.77.